The van der Waals surface area contributed by atoms with Gasteiger partial charge in [-0.1, -0.05) is 32.0 Å². The fourth-order valence-corrected chi connectivity index (χ4v) is 2.98. The molecule has 0 aromatic heterocycles. The van der Waals surface area contributed by atoms with Crippen molar-refractivity contribution in [3.8, 4) is 6.07 Å². The summed E-state index contributed by atoms with van der Waals surface area (Å²) < 4.78 is 0. The number of benzene rings is 1. The molecule has 3 nitrogen and oxygen atoms in total. The number of hydrogen-bond acceptors (Lipinski definition) is 2. The molecule has 1 aromatic carbocycles. The Hall–Kier alpha value is -1.82. The van der Waals surface area contributed by atoms with E-state index in [1.165, 1.54) is 0 Å². The van der Waals surface area contributed by atoms with Crippen molar-refractivity contribution in [3.05, 3.63) is 35.4 Å². The van der Waals surface area contributed by atoms with Crippen LogP contribution in [0.2, 0.25) is 0 Å². The van der Waals surface area contributed by atoms with Gasteiger partial charge in [0.2, 0.25) is 0 Å². The van der Waals surface area contributed by atoms with Gasteiger partial charge in [-0.3, -0.25) is 4.79 Å². The Kier molecular flexibility index (Phi) is 4.79. The van der Waals surface area contributed by atoms with Crippen molar-refractivity contribution in [1.82, 2.24) is 4.90 Å². The summed E-state index contributed by atoms with van der Waals surface area (Å²) in [4.78, 5) is 14.8. The predicted octanol–water partition coefficient (Wildman–Crippen LogP) is 3.72. The minimum atomic E-state index is 0.134. The molecule has 0 saturated carbocycles. The Morgan fingerprint density at radius 3 is 2.90 bits per heavy atom. The summed E-state index contributed by atoms with van der Waals surface area (Å²) in [7, 11) is 0. The van der Waals surface area contributed by atoms with Crippen LogP contribution in [0.3, 0.4) is 0 Å². The largest absolute Gasteiger partial charge is 0.336 e. The van der Waals surface area contributed by atoms with Crippen LogP contribution in [0, 0.1) is 11.3 Å². The van der Waals surface area contributed by atoms with E-state index in [2.05, 4.69) is 19.9 Å². The number of nitrogens with zero attached hydrogens (tertiary/aromatic N) is 2. The molecule has 0 unspecified atom stereocenters. The number of carbonyl (C=O) groups is 1. The third-order valence-corrected chi connectivity index (χ3v) is 4.04. The average molecular weight is 270 g/mol. The third-order valence-electron chi connectivity index (χ3n) is 4.04. The SMILES string of the molecule is CC(C)c1ccccc1C(=O)N1CCC[C@H]1CCC#N. The van der Waals surface area contributed by atoms with E-state index in [-0.39, 0.29) is 11.9 Å². The highest BCUT2D eigenvalue weighted by Crippen LogP contribution is 2.26. The van der Waals surface area contributed by atoms with Crippen LogP contribution in [0.15, 0.2) is 24.3 Å². The summed E-state index contributed by atoms with van der Waals surface area (Å²) in [5, 5.41) is 8.73. The van der Waals surface area contributed by atoms with Crippen LogP contribution in [0.25, 0.3) is 0 Å². The lowest BCUT2D eigenvalue weighted by Crippen LogP contribution is -2.36. The van der Waals surface area contributed by atoms with Crippen LogP contribution in [-0.4, -0.2) is 23.4 Å². The second-order valence-electron chi connectivity index (χ2n) is 5.73. The van der Waals surface area contributed by atoms with Crippen molar-refractivity contribution >= 4 is 5.91 Å². The van der Waals surface area contributed by atoms with E-state index in [4.69, 9.17) is 5.26 Å². The van der Waals surface area contributed by atoms with Gasteiger partial charge < -0.3 is 4.90 Å². The van der Waals surface area contributed by atoms with Crippen LogP contribution in [0.5, 0.6) is 0 Å². The fraction of sp³-hybridized carbons (Fsp3) is 0.529. The highest BCUT2D eigenvalue weighted by Gasteiger charge is 2.30. The molecular formula is C17H22N2O. The molecule has 3 heteroatoms. The second kappa shape index (κ2) is 6.56. The fourth-order valence-electron chi connectivity index (χ4n) is 2.98. The molecule has 106 valence electrons. The predicted molar refractivity (Wildman–Crippen MR) is 79.4 cm³/mol. The maximum atomic E-state index is 12.8. The first-order valence-corrected chi connectivity index (χ1v) is 7.42. The lowest BCUT2D eigenvalue weighted by molar-refractivity contribution is 0.0730. The molecule has 0 aliphatic carbocycles. The maximum Gasteiger partial charge on any atom is 0.254 e. The van der Waals surface area contributed by atoms with Crippen LogP contribution in [-0.2, 0) is 0 Å². The van der Waals surface area contributed by atoms with E-state index in [0.717, 1.165) is 36.9 Å². The van der Waals surface area contributed by atoms with Gasteiger partial charge in [0.15, 0.2) is 0 Å². The molecule has 0 spiro atoms. The minimum Gasteiger partial charge on any atom is -0.336 e. The molecule has 1 saturated heterocycles. The summed E-state index contributed by atoms with van der Waals surface area (Å²) in [5.74, 6) is 0.477. The first kappa shape index (κ1) is 14.6. The van der Waals surface area contributed by atoms with E-state index in [0.29, 0.717) is 12.3 Å². The Morgan fingerprint density at radius 2 is 2.20 bits per heavy atom. The molecule has 2 rings (SSSR count). The van der Waals surface area contributed by atoms with Crippen molar-refractivity contribution < 1.29 is 4.79 Å². The van der Waals surface area contributed by atoms with Gasteiger partial charge >= 0.3 is 0 Å². The summed E-state index contributed by atoms with van der Waals surface area (Å²) in [6.45, 7) is 5.05. The van der Waals surface area contributed by atoms with Crippen molar-refractivity contribution in [3.63, 3.8) is 0 Å². The van der Waals surface area contributed by atoms with Gasteiger partial charge in [-0.25, -0.2) is 0 Å². The van der Waals surface area contributed by atoms with Gasteiger partial charge in [-0.15, -0.1) is 0 Å². The molecule has 0 N–H and O–H groups in total. The number of amides is 1. The van der Waals surface area contributed by atoms with Gasteiger partial charge in [-0.05, 0) is 36.8 Å². The number of carbonyl (C=O) groups excluding carboxylic acids is 1. The topological polar surface area (TPSA) is 44.1 Å². The van der Waals surface area contributed by atoms with Crippen LogP contribution >= 0.6 is 0 Å². The minimum absolute atomic E-state index is 0.134. The Morgan fingerprint density at radius 1 is 1.45 bits per heavy atom. The molecule has 1 atom stereocenters. The number of likely N-dealkylation sites (tertiary alicyclic amines) is 1. The summed E-state index contributed by atoms with van der Waals surface area (Å²) in [6.07, 6.45) is 3.40. The zero-order valence-electron chi connectivity index (χ0n) is 12.3. The zero-order chi connectivity index (χ0) is 14.5. The monoisotopic (exact) mass is 270 g/mol. The van der Waals surface area contributed by atoms with Crippen molar-refractivity contribution in [1.29, 1.82) is 5.26 Å². The van der Waals surface area contributed by atoms with Crippen LogP contribution in [0.1, 0.15) is 61.4 Å². The third kappa shape index (κ3) is 3.01. The Labute approximate surface area is 121 Å². The molecule has 1 amide bonds. The van der Waals surface area contributed by atoms with Gasteiger partial charge in [0, 0.05) is 24.6 Å². The van der Waals surface area contributed by atoms with Gasteiger partial charge in [-0.2, -0.15) is 5.26 Å². The van der Waals surface area contributed by atoms with Gasteiger partial charge in [0.1, 0.15) is 0 Å². The molecule has 1 aromatic rings. The first-order valence-electron chi connectivity index (χ1n) is 7.42. The number of hydrogen-bond donors (Lipinski definition) is 0. The van der Waals surface area contributed by atoms with Crippen molar-refractivity contribution in [2.75, 3.05) is 6.54 Å². The molecular weight excluding hydrogens is 248 g/mol. The zero-order valence-corrected chi connectivity index (χ0v) is 12.3. The molecule has 1 aliphatic rings. The Balaban J connectivity index is 2.21. The standard InChI is InChI=1S/C17H22N2O/c1-13(2)15-9-3-4-10-16(15)17(20)19-12-6-8-14(19)7-5-11-18/h3-4,9-10,13-14H,5-8,12H2,1-2H3/t14-/m1/s1. The molecule has 1 fully saturated rings. The first-order chi connectivity index (χ1) is 9.65. The highest BCUT2D eigenvalue weighted by atomic mass is 16.2. The summed E-state index contributed by atoms with van der Waals surface area (Å²) in [5.41, 5.74) is 1.94. The molecule has 1 aliphatic heterocycles. The molecule has 1 heterocycles. The molecule has 20 heavy (non-hydrogen) atoms. The number of rotatable bonds is 4. The summed E-state index contributed by atoms with van der Waals surface area (Å²) >= 11 is 0. The highest BCUT2D eigenvalue weighted by molar-refractivity contribution is 5.96. The van der Waals surface area contributed by atoms with E-state index in [1.807, 2.05) is 29.2 Å². The normalized spacial score (nSPS) is 18.3. The second-order valence-corrected chi connectivity index (χ2v) is 5.73. The van der Waals surface area contributed by atoms with Crippen LogP contribution in [0.4, 0.5) is 0 Å². The molecule has 0 bridgehead atoms. The lowest BCUT2D eigenvalue weighted by Gasteiger charge is -2.25. The summed E-state index contributed by atoms with van der Waals surface area (Å²) in [6, 6.07) is 10.3. The van der Waals surface area contributed by atoms with Gasteiger partial charge in [0.05, 0.1) is 6.07 Å². The van der Waals surface area contributed by atoms with E-state index >= 15 is 0 Å². The lowest BCUT2D eigenvalue weighted by atomic mass is 9.96. The van der Waals surface area contributed by atoms with Crippen LogP contribution < -0.4 is 0 Å². The Bertz CT molecular complexity index is 516. The molecule has 0 radical (unpaired) electrons. The smallest absolute Gasteiger partial charge is 0.254 e. The average Bonchev–Trinajstić information content (AvgIpc) is 2.92. The van der Waals surface area contributed by atoms with Crippen molar-refractivity contribution in [2.45, 2.75) is 51.5 Å². The van der Waals surface area contributed by atoms with E-state index < -0.39 is 0 Å². The number of nitriles is 1. The van der Waals surface area contributed by atoms with Gasteiger partial charge in [0.25, 0.3) is 5.91 Å². The maximum absolute atomic E-state index is 12.8. The van der Waals surface area contributed by atoms with E-state index in [1.54, 1.807) is 0 Å². The van der Waals surface area contributed by atoms with E-state index in [9.17, 15) is 4.79 Å². The quantitative estimate of drug-likeness (QED) is 0.837. The van der Waals surface area contributed by atoms with Crippen molar-refractivity contribution in [2.24, 2.45) is 0 Å².